The van der Waals surface area contributed by atoms with E-state index in [9.17, 15) is 0 Å². The summed E-state index contributed by atoms with van der Waals surface area (Å²) in [5.74, 6) is 0. The molecular weight excluding hydrogens is 198 g/mol. The Morgan fingerprint density at radius 3 is 2.71 bits per heavy atom. The van der Waals surface area contributed by atoms with Gasteiger partial charge in [0.25, 0.3) is 0 Å². The van der Waals surface area contributed by atoms with Crippen LogP contribution < -0.4 is 5.73 Å². The summed E-state index contributed by atoms with van der Waals surface area (Å²) < 4.78 is 1.78. The van der Waals surface area contributed by atoms with Gasteiger partial charge in [-0.2, -0.15) is 5.10 Å². The second-order valence-electron chi connectivity index (χ2n) is 3.10. The molecule has 0 radical (unpaired) electrons. The smallest absolute Gasteiger partial charge is 0.0836 e. The number of rotatable bonds is 1. The zero-order chi connectivity index (χ0) is 10.1. The van der Waals surface area contributed by atoms with Crippen LogP contribution in [0.15, 0.2) is 30.5 Å². The van der Waals surface area contributed by atoms with E-state index in [2.05, 4.69) is 5.10 Å². The molecule has 0 aliphatic heterocycles. The number of benzene rings is 1. The molecule has 2 aromatic rings. The number of nitrogens with zero attached hydrogens (tertiary/aromatic N) is 2. The van der Waals surface area contributed by atoms with Gasteiger partial charge in [-0.1, -0.05) is 11.6 Å². The Balaban J connectivity index is 2.58. The van der Waals surface area contributed by atoms with E-state index in [1.165, 1.54) is 0 Å². The van der Waals surface area contributed by atoms with E-state index < -0.39 is 0 Å². The Hall–Kier alpha value is -1.48. The molecule has 14 heavy (non-hydrogen) atoms. The lowest BCUT2D eigenvalue weighted by atomic mass is 10.3. The number of hydrogen-bond donors (Lipinski definition) is 1. The highest BCUT2D eigenvalue weighted by Gasteiger charge is 2.05. The summed E-state index contributed by atoms with van der Waals surface area (Å²) in [5, 5.41) is 4.78. The second kappa shape index (κ2) is 3.35. The summed E-state index contributed by atoms with van der Waals surface area (Å²) in [6.07, 6.45) is 1.74. The minimum atomic E-state index is 0.608. The molecule has 0 aliphatic rings. The van der Waals surface area contributed by atoms with Crippen molar-refractivity contribution in [3.63, 3.8) is 0 Å². The molecule has 72 valence electrons. The fourth-order valence-electron chi connectivity index (χ4n) is 1.32. The van der Waals surface area contributed by atoms with Crippen LogP contribution >= 0.6 is 11.6 Å². The van der Waals surface area contributed by atoms with E-state index in [0.717, 1.165) is 11.4 Å². The molecule has 3 nitrogen and oxygen atoms in total. The van der Waals surface area contributed by atoms with Crippen molar-refractivity contribution >= 4 is 17.3 Å². The van der Waals surface area contributed by atoms with Crippen molar-refractivity contribution in [2.45, 2.75) is 6.92 Å². The summed E-state index contributed by atoms with van der Waals surface area (Å²) in [6.45, 7) is 1.97. The highest BCUT2D eigenvalue weighted by atomic mass is 35.5. The van der Waals surface area contributed by atoms with Gasteiger partial charge in [0.2, 0.25) is 0 Å². The maximum absolute atomic E-state index is 6.05. The largest absolute Gasteiger partial charge is 0.399 e. The van der Waals surface area contributed by atoms with Gasteiger partial charge in [-0.05, 0) is 31.2 Å². The van der Waals surface area contributed by atoms with Gasteiger partial charge in [-0.15, -0.1) is 0 Å². The Labute approximate surface area is 87.1 Å². The summed E-state index contributed by atoms with van der Waals surface area (Å²) in [5.41, 5.74) is 8.15. The number of nitrogen functional groups attached to an aromatic ring is 1. The van der Waals surface area contributed by atoms with Crippen LogP contribution in [0.2, 0.25) is 5.02 Å². The fraction of sp³-hybridized carbons (Fsp3) is 0.100. The van der Waals surface area contributed by atoms with Crippen molar-refractivity contribution in [1.82, 2.24) is 9.78 Å². The lowest BCUT2D eigenvalue weighted by Crippen LogP contribution is -1.99. The predicted octanol–water partition coefficient (Wildman–Crippen LogP) is 2.42. The lowest BCUT2D eigenvalue weighted by Gasteiger charge is -2.06. The quantitative estimate of drug-likeness (QED) is 0.730. The van der Waals surface area contributed by atoms with Crippen LogP contribution in [0.25, 0.3) is 5.69 Å². The number of anilines is 1. The van der Waals surface area contributed by atoms with E-state index in [1.54, 1.807) is 16.9 Å². The highest BCUT2D eigenvalue weighted by Crippen LogP contribution is 2.23. The molecule has 0 spiro atoms. The van der Waals surface area contributed by atoms with Gasteiger partial charge in [0.05, 0.1) is 10.7 Å². The maximum Gasteiger partial charge on any atom is 0.0836 e. The zero-order valence-electron chi connectivity index (χ0n) is 7.74. The molecule has 0 unspecified atom stereocenters. The van der Waals surface area contributed by atoms with Gasteiger partial charge in [0.15, 0.2) is 0 Å². The first-order chi connectivity index (χ1) is 6.68. The molecule has 1 aromatic heterocycles. The SMILES string of the molecule is Cc1ccnn1-c1ccc(N)cc1Cl. The first-order valence-electron chi connectivity index (χ1n) is 4.24. The lowest BCUT2D eigenvalue weighted by molar-refractivity contribution is 0.847. The van der Waals surface area contributed by atoms with E-state index in [-0.39, 0.29) is 0 Å². The zero-order valence-corrected chi connectivity index (χ0v) is 8.49. The van der Waals surface area contributed by atoms with Crippen molar-refractivity contribution in [3.05, 3.63) is 41.2 Å². The van der Waals surface area contributed by atoms with E-state index in [0.29, 0.717) is 10.7 Å². The van der Waals surface area contributed by atoms with E-state index in [1.807, 2.05) is 25.1 Å². The summed E-state index contributed by atoms with van der Waals surface area (Å²) >= 11 is 6.05. The van der Waals surface area contributed by atoms with Crippen molar-refractivity contribution in [1.29, 1.82) is 0 Å². The second-order valence-corrected chi connectivity index (χ2v) is 3.50. The first-order valence-corrected chi connectivity index (χ1v) is 4.62. The van der Waals surface area contributed by atoms with Crippen molar-refractivity contribution in [2.75, 3.05) is 5.73 Å². The highest BCUT2D eigenvalue weighted by molar-refractivity contribution is 6.32. The predicted molar refractivity (Wildman–Crippen MR) is 57.7 cm³/mol. The third kappa shape index (κ3) is 1.46. The molecule has 0 aliphatic carbocycles. The van der Waals surface area contributed by atoms with Crippen LogP contribution in [0, 0.1) is 6.92 Å². The topological polar surface area (TPSA) is 43.8 Å². The van der Waals surface area contributed by atoms with E-state index >= 15 is 0 Å². The van der Waals surface area contributed by atoms with Crippen LogP contribution in [0.5, 0.6) is 0 Å². The van der Waals surface area contributed by atoms with Gasteiger partial charge in [-0.3, -0.25) is 0 Å². The van der Waals surface area contributed by atoms with Crippen LogP contribution in [0.3, 0.4) is 0 Å². The van der Waals surface area contributed by atoms with Gasteiger partial charge < -0.3 is 5.73 Å². The Kier molecular flexibility index (Phi) is 2.17. The number of nitrogens with two attached hydrogens (primary N) is 1. The standard InChI is InChI=1S/C10H10ClN3/c1-7-4-5-13-14(7)10-3-2-8(12)6-9(10)11/h2-6H,12H2,1H3. The normalized spacial score (nSPS) is 10.4. The fourth-order valence-corrected chi connectivity index (χ4v) is 1.59. The number of aromatic nitrogens is 2. The average Bonchev–Trinajstić information content (AvgIpc) is 2.52. The van der Waals surface area contributed by atoms with Crippen molar-refractivity contribution < 1.29 is 0 Å². The molecule has 1 heterocycles. The van der Waals surface area contributed by atoms with Crippen LogP contribution in [-0.4, -0.2) is 9.78 Å². The third-order valence-electron chi connectivity index (χ3n) is 2.03. The monoisotopic (exact) mass is 207 g/mol. The summed E-state index contributed by atoms with van der Waals surface area (Å²) in [6, 6.07) is 7.31. The molecular formula is C10H10ClN3. The van der Waals surface area contributed by atoms with Crippen LogP contribution in [-0.2, 0) is 0 Å². The molecule has 2 N–H and O–H groups in total. The van der Waals surface area contributed by atoms with Gasteiger partial charge >= 0.3 is 0 Å². The van der Waals surface area contributed by atoms with Crippen LogP contribution in [0.4, 0.5) is 5.69 Å². The summed E-state index contributed by atoms with van der Waals surface area (Å²) in [4.78, 5) is 0. The Morgan fingerprint density at radius 1 is 1.36 bits per heavy atom. The molecule has 0 saturated heterocycles. The third-order valence-corrected chi connectivity index (χ3v) is 2.33. The summed E-state index contributed by atoms with van der Waals surface area (Å²) in [7, 11) is 0. The first kappa shape index (κ1) is 9.09. The van der Waals surface area contributed by atoms with Crippen LogP contribution in [0.1, 0.15) is 5.69 Å². The Bertz CT molecular complexity index is 462. The molecule has 2 rings (SSSR count). The van der Waals surface area contributed by atoms with Crippen molar-refractivity contribution in [3.8, 4) is 5.69 Å². The van der Waals surface area contributed by atoms with Crippen molar-refractivity contribution in [2.24, 2.45) is 0 Å². The minimum absolute atomic E-state index is 0.608. The number of aryl methyl sites for hydroxylation is 1. The van der Waals surface area contributed by atoms with E-state index in [4.69, 9.17) is 17.3 Å². The molecule has 0 amide bonds. The maximum atomic E-state index is 6.05. The van der Waals surface area contributed by atoms with Gasteiger partial charge in [-0.25, -0.2) is 4.68 Å². The molecule has 4 heteroatoms. The molecule has 1 aromatic carbocycles. The molecule has 0 bridgehead atoms. The number of hydrogen-bond acceptors (Lipinski definition) is 2. The molecule has 0 atom stereocenters. The average molecular weight is 208 g/mol. The number of halogens is 1. The van der Waals surface area contributed by atoms with Gasteiger partial charge in [0, 0.05) is 17.6 Å². The molecule has 0 fully saturated rings. The van der Waals surface area contributed by atoms with Gasteiger partial charge in [0.1, 0.15) is 0 Å². The minimum Gasteiger partial charge on any atom is -0.399 e. The Morgan fingerprint density at radius 2 is 2.14 bits per heavy atom. The molecule has 0 saturated carbocycles.